The molecule has 0 spiro atoms. The molecule has 2 heterocycles. The van der Waals surface area contributed by atoms with Crippen LogP contribution in [0.5, 0.6) is 0 Å². The van der Waals surface area contributed by atoms with Crippen molar-refractivity contribution in [1.29, 1.82) is 0 Å². The molecular weight excluding hydrogens is 657 g/mol. The summed E-state index contributed by atoms with van der Waals surface area (Å²) in [6, 6.07) is 17.3. The lowest BCUT2D eigenvalue weighted by atomic mass is 9.85. The Balaban J connectivity index is 1.38. The molecule has 0 unspecified atom stereocenters. The van der Waals surface area contributed by atoms with Crippen LogP contribution >= 0.6 is 0 Å². The van der Waals surface area contributed by atoms with E-state index in [1.165, 1.54) is 16.4 Å². The third-order valence-corrected chi connectivity index (χ3v) is 11.8. The highest BCUT2D eigenvalue weighted by Gasteiger charge is 2.41. The maximum absolute atomic E-state index is 14.3. The summed E-state index contributed by atoms with van der Waals surface area (Å²) >= 11 is 0. The summed E-state index contributed by atoms with van der Waals surface area (Å²) in [4.78, 5) is 46.2. The fourth-order valence-corrected chi connectivity index (χ4v) is 8.16. The van der Waals surface area contributed by atoms with Crippen molar-refractivity contribution in [3.63, 3.8) is 0 Å². The highest BCUT2D eigenvalue weighted by Crippen LogP contribution is 2.30. The summed E-state index contributed by atoms with van der Waals surface area (Å²) in [6.45, 7) is 5.09. The number of nitrogens with one attached hydrogen (secondary N) is 1. The Morgan fingerprint density at radius 2 is 1.76 bits per heavy atom. The summed E-state index contributed by atoms with van der Waals surface area (Å²) in [6.07, 6.45) is 5.86. The fourth-order valence-electron chi connectivity index (χ4n) is 6.63. The molecule has 13 heteroatoms. The van der Waals surface area contributed by atoms with Crippen LogP contribution in [0.1, 0.15) is 56.2 Å². The molecule has 0 bridgehead atoms. The zero-order valence-electron chi connectivity index (χ0n) is 28.8. The number of aliphatic hydroxyl groups excluding tert-OH is 1. The lowest BCUT2D eigenvalue weighted by molar-refractivity contribution is -0.128. The molecule has 2 fully saturated rings. The van der Waals surface area contributed by atoms with Gasteiger partial charge in [-0.3, -0.25) is 9.78 Å². The Morgan fingerprint density at radius 3 is 2.38 bits per heavy atom. The number of rotatable bonds is 18. The van der Waals surface area contributed by atoms with Gasteiger partial charge in [0.1, 0.15) is 12.6 Å². The van der Waals surface area contributed by atoms with Crippen LogP contribution in [0.25, 0.3) is 0 Å². The third kappa shape index (κ3) is 9.12. The first-order chi connectivity index (χ1) is 24.1. The minimum Gasteiger partial charge on any atom is -0.390 e. The molecule has 3 aromatic rings. The molecule has 1 aliphatic heterocycles. The van der Waals surface area contributed by atoms with Gasteiger partial charge < -0.3 is 20.2 Å². The van der Waals surface area contributed by atoms with Crippen LogP contribution < -0.4 is 5.32 Å². The third-order valence-electron chi connectivity index (χ3n) is 9.99. The zero-order valence-corrected chi connectivity index (χ0v) is 29.6. The van der Waals surface area contributed by atoms with Crippen molar-refractivity contribution >= 4 is 22.0 Å². The number of pyridine rings is 1. The van der Waals surface area contributed by atoms with Crippen LogP contribution in [0.3, 0.4) is 0 Å². The van der Waals surface area contributed by atoms with E-state index in [4.69, 9.17) is 0 Å². The molecule has 2 aromatic carbocycles. The van der Waals surface area contributed by atoms with Gasteiger partial charge in [-0.25, -0.2) is 13.2 Å². The predicted molar refractivity (Wildman–Crippen MR) is 190 cm³/mol. The van der Waals surface area contributed by atoms with Crippen LogP contribution in [0, 0.1) is 16.7 Å². The zero-order chi connectivity index (χ0) is 35.7. The van der Waals surface area contributed by atoms with Gasteiger partial charge in [-0.05, 0) is 66.0 Å². The summed E-state index contributed by atoms with van der Waals surface area (Å²) in [5, 5.41) is 17.8. The van der Waals surface area contributed by atoms with E-state index in [0.717, 1.165) is 30.4 Å². The van der Waals surface area contributed by atoms with E-state index in [-0.39, 0.29) is 54.7 Å². The maximum atomic E-state index is 14.3. The standard InChI is InChI=1S/C37H48N6O6S/c1-3-27(2)35(43-20-19-41(37(43)46)24-31-13-8-18-38-22-31)36(45)40-33(21-28-9-5-4-6-10-28)34(44)26-42(25-30-11-7-12-30)50(48,49)32-16-14-29(15-17-32)23-39-47/h4-6,8-10,13-18,22,27,30,33-35,44H,3,7,11-12,19-21,23-26H2,1-2H3,(H,40,45)/t27-,33-,34+,35-/m0/s1. The summed E-state index contributed by atoms with van der Waals surface area (Å²) in [5.74, 6) is -0.397. The Kier molecular flexibility index (Phi) is 12.7. The Labute approximate surface area is 294 Å². The molecule has 2 N–H and O–H groups in total. The van der Waals surface area contributed by atoms with Crippen LogP contribution in [0.15, 0.2) is 89.2 Å². The van der Waals surface area contributed by atoms with Gasteiger partial charge in [0.25, 0.3) is 0 Å². The minimum atomic E-state index is -4.03. The van der Waals surface area contributed by atoms with Crippen LogP contribution in [0.2, 0.25) is 0 Å². The normalized spacial score (nSPS) is 17.6. The molecule has 50 heavy (non-hydrogen) atoms. The van der Waals surface area contributed by atoms with E-state index >= 15 is 0 Å². The first-order valence-electron chi connectivity index (χ1n) is 17.5. The van der Waals surface area contributed by atoms with Crippen molar-refractivity contribution in [2.45, 2.75) is 82.1 Å². The number of benzene rings is 2. The number of carbonyl (C=O) groups is 2. The molecule has 0 radical (unpaired) electrons. The molecule has 12 nitrogen and oxygen atoms in total. The van der Waals surface area contributed by atoms with Crippen molar-refractivity contribution in [1.82, 2.24) is 24.4 Å². The molecule has 268 valence electrons. The SMILES string of the molecule is CC[C@H](C)[C@@H](C(=O)N[C@@H](Cc1ccccc1)[C@H](O)CN(CC1CCC1)S(=O)(=O)c1ccc(CN=O)cc1)N1CCN(Cc2cccnc2)C1=O. The van der Waals surface area contributed by atoms with Crippen molar-refractivity contribution in [3.8, 4) is 0 Å². The summed E-state index contributed by atoms with van der Waals surface area (Å²) < 4.78 is 29.4. The highest BCUT2D eigenvalue weighted by molar-refractivity contribution is 7.89. The minimum absolute atomic E-state index is 0.0579. The topological polar surface area (TPSA) is 153 Å². The Morgan fingerprint density at radius 1 is 1.04 bits per heavy atom. The quantitative estimate of drug-likeness (QED) is 0.184. The lowest BCUT2D eigenvalue weighted by Crippen LogP contribution is -2.57. The number of aliphatic hydroxyl groups is 1. The number of amides is 3. The van der Waals surface area contributed by atoms with Gasteiger partial charge in [0.2, 0.25) is 15.9 Å². The van der Waals surface area contributed by atoms with Crippen LogP contribution in [-0.2, 0) is 34.3 Å². The molecule has 5 rings (SSSR count). The van der Waals surface area contributed by atoms with E-state index in [1.807, 2.05) is 56.3 Å². The first kappa shape index (κ1) is 37.1. The van der Waals surface area contributed by atoms with Crippen molar-refractivity contribution < 1.29 is 23.1 Å². The summed E-state index contributed by atoms with van der Waals surface area (Å²) in [5.41, 5.74) is 2.36. The molecule has 1 aromatic heterocycles. The van der Waals surface area contributed by atoms with Gasteiger partial charge in [0, 0.05) is 45.1 Å². The van der Waals surface area contributed by atoms with E-state index in [2.05, 4.69) is 15.5 Å². The van der Waals surface area contributed by atoms with Crippen molar-refractivity contribution in [2.75, 3.05) is 26.2 Å². The van der Waals surface area contributed by atoms with Crippen LogP contribution in [0.4, 0.5) is 4.79 Å². The molecule has 2 aliphatic rings. The monoisotopic (exact) mass is 704 g/mol. The number of hydrogen-bond donors (Lipinski definition) is 2. The number of nitrogens with zero attached hydrogens (tertiary/aromatic N) is 5. The lowest BCUT2D eigenvalue weighted by Gasteiger charge is -2.36. The highest BCUT2D eigenvalue weighted by atomic mass is 32.2. The molecule has 4 atom stereocenters. The van der Waals surface area contributed by atoms with E-state index in [0.29, 0.717) is 31.6 Å². The first-order valence-corrected chi connectivity index (χ1v) is 18.9. The van der Waals surface area contributed by atoms with E-state index in [1.54, 1.807) is 34.3 Å². The van der Waals surface area contributed by atoms with Gasteiger partial charge in [-0.2, -0.15) is 9.21 Å². The van der Waals surface area contributed by atoms with Crippen molar-refractivity contribution in [2.24, 2.45) is 17.0 Å². The molecule has 1 aliphatic carbocycles. The second-order valence-corrected chi connectivity index (χ2v) is 15.4. The molecule has 1 saturated heterocycles. The smallest absolute Gasteiger partial charge is 0.321 e. The maximum Gasteiger partial charge on any atom is 0.321 e. The van der Waals surface area contributed by atoms with Gasteiger partial charge in [0.05, 0.1) is 17.0 Å². The number of urea groups is 1. The average molecular weight is 705 g/mol. The van der Waals surface area contributed by atoms with E-state index < -0.39 is 28.2 Å². The second kappa shape index (κ2) is 17.1. The van der Waals surface area contributed by atoms with Gasteiger partial charge in [-0.1, -0.05) is 80.4 Å². The second-order valence-electron chi connectivity index (χ2n) is 13.5. The largest absolute Gasteiger partial charge is 0.390 e. The Hall–Kier alpha value is -4.20. The van der Waals surface area contributed by atoms with Gasteiger partial charge >= 0.3 is 6.03 Å². The number of hydrogen-bond acceptors (Lipinski definition) is 8. The Bertz CT molecular complexity index is 1670. The van der Waals surface area contributed by atoms with Crippen molar-refractivity contribution in [3.05, 3.63) is 101 Å². The van der Waals surface area contributed by atoms with Crippen LogP contribution in [-0.4, -0.2) is 88.9 Å². The molecule has 1 saturated carbocycles. The average Bonchev–Trinajstić information content (AvgIpc) is 3.45. The molecular formula is C37H48N6O6S. The van der Waals surface area contributed by atoms with Gasteiger partial charge in [-0.15, -0.1) is 0 Å². The predicted octanol–water partition coefficient (Wildman–Crippen LogP) is 4.58. The number of nitroso groups, excluding NO2 is 1. The molecule has 3 amide bonds. The fraction of sp³-hybridized carbons (Fsp3) is 0.486. The van der Waals surface area contributed by atoms with E-state index in [9.17, 15) is 28.0 Å². The number of carbonyl (C=O) groups excluding carboxylic acids is 2. The number of sulfonamides is 1. The number of aromatic nitrogens is 1. The van der Waals surface area contributed by atoms with Gasteiger partial charge in [0.15, 0.2) is 0 Å². The summed E-state index contributed by atoms with van der Waals surface area (Å²) in [7, 11) is -4.03.